The summed E-state index contributed by atoms with van der Waals surface area (Å²) < 4.78 is 4.36. The molecular weight excluding hydrogens is 284 g/mol. The third kappa shape index (κ3) is 1.09. The van der Waals surface area contributed by atoms with Gasteiger partial charge in [-0.05, 0) is 28.2 Å². The number of hydrogen-bond donors (Lipinski definition) is 0. The Labute approximate surface area is 103 Å². The van der Waals surface area contributed by atoms with E-state index >= 15 is 0 Å². The van der Waals surface area contributed by atoms with Crippen molar-refractivity contribution >= 4 is 38.1 Å². The third-order valence-corrected chi connectivity index (χ3v) is 3.22. The normalized spacial score (nSPS) is 11.8. The Kier molecular flexibility index (Phi) is 1.60. The van der Waals surface area contributed by atoms with Crippen molar-refractivity contribution < 1.29 is 4.63 Å². The van der Waals surface area contributed by atoms with Crippen molar-refractivity contribution in [2.45, 2.75) is 0 Å². The quantitative estimate of drug-likeness (QED) is 0.354. The average Bonchev–Trinajstić information content (AvgIpc) is 2.85. The lowest BCUT2D eigenvalue weighted by Crippen LogP contribution is -2.30. The molecule has 0 radical (unpaired) electrons. The molecule has 6 nitrogen and oxygen atoms in total. The fraction of sp³-hybridized carbons (Fsp3) is 0. The minimum Gasteiger partial charge on any atom is -0.361 e. The van der Waals surface area contributed by atoms with Crippen LogP contribution in [0.4, 0.5) is 0 Å². The molecule has 0 fully saturated rings. The van der Waals surface area contributed by atoms with Crippen LogP contribution in [0.5, 0.6) is 0 Å². The van der Waals surface area contributed by atoms with Crippen LogP contribution in [-0.4, -0.2) is 19.5 Å². The number of halogens is 1. The first kappa shape index (κ1) is 9.06. The first-order chi connectivity index (χ1) is 8.34. The summed E-state index contributed by atoms with van der Waals surface area (Å²) in [4.78, 5) is 12.7. The molecule has 4 aromatic heterocycles. The molecule has 7 heteroatoms. The Morgan fingerprint density at radius 2 is 2.06 bits per heavy atom. The van der Waals surface area contributed by atoms with Crippen molar-refractivity contribution in [3.05, 3.63) is 35.5 Å². The van der Waals surface area contributed by atoms with E-state index in [2.05, 4.69) is 36.0 Å². The summed E-state index contributed by atoms with van der Waals surface area (Å²) in [5, 5.41) is 5.45. The zero-order valence-corrected chi connectivity index (χ0v) is 10.0. The van der Waals surface area contributed by atoms with E-state index in [1.165, 1.54) is 0 Å². The minimum absolute atomic E-state index is 0.616. The lowest BCUT2D eigenvalue weighted by molar-refractivity contribution is -0.650. The Balaban J connectivity index is 2.35. The molecule has 4 rings (SSSR count). The van der Waals surface area contributed by atoms with Gasteiger partial charge < -0.3 is 4.98 Å². The maximum atomic E-state index is 4.40. The van der Waals surface area contributed by atoms with Gasteiger partial charge in [0.05, 0.1) is 5.39 Å². The Bertz CT molecular complexity index is 861. The molecule has 0 spiro atoms. The van der Waals surface area contributed by atoms with Crippen LogP contribution in [0.3, 0.4) is 0 Å². The summed E-state index contributed by atoms with van der Waals surface area (Å²) >= 11 is 3.43. The van der Waals surface area contributed by atoms with E-state index < -0.39 is 0 Å². The molecule has 0 saturated heterocycles. The van der Waals surface area contributed by atoms with Gasteiger partial charge in [0.25, 0.3) is 5.52 Å². The van der Waals surface area contributed by atoms with Gasteiger partial charge in [0.2, 0.25) is 0 Å². The van der Waals surface area contributed by atoms with Gasteiger partial charge in [-0.15, -0.1) is 5.10 Å². The van der Waals surface area contributed by atoms with Gasteiger partial charge >= 0.3 is 0 Å². The molecule has 4 heterocycles. The van der Waals surface area contributed by atoms with Gasteiger partial charge in [-0.2, -0.15) is 4.52 Å². The largest absolute Gasteiger partial charge is 0.361 e. The molecule has 4 aromatic rings. The Morgan fingerprint density at radius 3 is 3.00 bits per heavy atom. The lowest BCUT2D eigenvalue weighted by atomic mass is 10.3. The van der Waals surface area contributed by atoms with Gasteiger partial charge in [-0.3, -0.25) is 0 Å². The van der Waals surface area contributed by atoms with E-state index in [9.17, 15) is 0 Å². The van der Waals surface area contributed by atoms with Crippen LogP contribution in [0.1, 0.15) is 0 Å². The highest BCUT2D eigenvalue weighted by Crippen LogP contribution is 2.18. The first-order valence-electron chi connectivity index (χ1n) is 4.96. The topological polar surface area (TPSA) is 61.3 Å². The Morgan fingerprint density at radius 1 is 1.18 bits per heavy atom. The Hall–Kier alpha value is -2.02. The number of fused-ring (bicyclic) bond motifs is 5. The van der Waals surface area contributed by atoms with Crippen molar-refractivity contribution in [2.75, 3.05) is 0 Å². The fourth-order valence-corrected chi connectivity index (χ4v) is 2.44. The summed E-state index contributed by atoms with van der Waals surface area (Å²) in [6.07, 6.45) is 7.00. The van der Waals surface area contributed by atoms with Crippen LogP contribution < -0.4 is 9.73 Å². The third-order valence-electron chi connectivity index (χ3n) is 2.64. The van der Waals surface area contributed by atoms with E-state index in [1.807, 2.05) is 16.8 Å². The summed E-state index contributed by atoms with van der Waals surface area (Å²) in [5.74, 6) is 0. The molecule has 0 amide bonds. The number of hydrogen-bond acceptors (Lipinski definition) is 3. The van der Waals surface area contributed by atoms with Crippen molar-refractivity contribution in [3.63, 3.8) is 0 Å². The summed E-state index contributed by atoms with van der Waals surface area (Å²) in [6.45, 7) is 0. The maximum absolute atomic E-state index is 4.40. The van der Waals surface area contributed by atoms with Crippen LogP contribution in [0.15, 0.2) is 35.5 Å². The molecule has 82 valence electrons. The van der Waals surface area contributed by atoms with E-state index in [1.54, 1.807) is 23.2 Å². The van der Waals surface area contributed by atoms with E-state index in [0.29, 0.717) is 5.65 Å². The average molecular weight is 289 g/mol. The highest BCUT2D eigenvalue weighted by molar-refractivity contribution is 9.10. The van der Waals surface area contributed by atoms with E-state index in [0.717, 1.165) is 21.2 Å². The van der Waals surface area contributed by atoms with Crippen LogP contribution >= 0.6 is 15.9 Å². The van der Waals surface area contributed by atoms with Crippen molar-refractivity contribution in [1.82, 2.24) is 24.6 Å². The van der Waals surface area contributed by atoms with Crippen LogP contribution in [0, 0.1) is 0 Å². The van der Waals surface area contributed by atoms with Crippen molar-refractivity contribution in [1.29, 1.82) is 0 Å². The first-order valence-corrected chi connectivity index (χ1v) is 5.75. The van der Waals surface area contributed by atoms with Gasteiger partial charge in [-0.1, -0.05) is 4.63 Å². The summed E-state index contributed by atoms with van der Waals surface area (Å²) in [5.41, 5.74) is 2.26. The predicted molar refractivity (Wildman–Crippen MR) is 62.5 cm³/mol. The number of aromatic nitrogens is 6. The molecule has 0 aliphatic rings. The molecule has 0 N–H and O–H groups in total. The monoisotopic (exact) mass is 288 g/mol. The van der Waals surface area contributed by atoms with Crippen molar-refractivity contribution in [3.8, 4) is 0 Å². The molecule has 0 aliphatic carbocycles. The number of rotatable bonds is 0. The highest BCUT2D eigenvalue weighted by Gasteiger charge is 2.16. The fourth-order valence-electron chi connectivity index (χ4n) is 1.93. The molecule has 0 atom stereocenters. The van der Waals surface area contributed by atoms with Crippen LogP contribution in [0.2, 0.25) is 0 Å². The molecule has 0 bridgehead atoms. The highest BCUT2D eigenvalue weighted by atomic mass is 79.9. The maximum Gasteiger partial charge on any atom is 0.279 e. The zero-order chi connectivity index (χ0) is 11.4. The smallest absolute Gasteiger partial charge is 0.279 e. The second kappa shape index (κ2) is 3.01. The number of pyridine rings is 1. The van der Waals surface area contributed by atoms with Gasteiger partial charge in [0.15, 0.2) is 10.3 Å². The molecule has 0 unspecified atom stereocenters. The lowest BCUT2D eigenvalue weighted by Gasteiger charge is -1.88. The second-order valence-corrected chi connectivity index (χ2v) is 4.36. The molecular formula is C10H5BrN6. The summed E-state index contributed by atoms with van der Waals surface area (Å²) in [6, 6.07) is 1.93. The molecule has 17 heavy (non-hydrogen) atoms. The van der Waals surface area contributed by atoms with E-state index in [4.69, 9.17) is 0 Å². The zero-order valence-electron chi connectivity index (χ0n) is 8.45. The molecule has 0 aromatic carbocycles. The minimum atomic E-state index is 0.616. The predicted octanol–water partition coefficient (Wildman–Crippen LogP) is 0.736. The number of nitrogens with zero attached hydrogens (tertiary/aromatic N) is 6. The molecule has 0 aliphatic heterocycles. The standard InChI is InChI=1S/C10H5BrN6/c11-8-7-6(1-2-12-8)5-16-10-9(15-17(7)16)13-3-4-14-10/h1-5H. The SMILES string of the molecule is Brc1nccc2cn3c4nccnc4[n-][n+]3c12. The van der Waals surface area contributed by atoms with Gasteiger partial charge in [0.1, 0.15) is 5.65 Å². The van der Waals surface area contributed by atoms with Gasteiger partial charge in [-0.25, -0.2) is 9.97 Å². The molecule has 0 saturated carbocycles. The van der Waals surface area contributed by atoms with Gasteiger partial charge in [0, 0.05) is 18.6 Å². The van der Waals surface area contributed by atoms with Crippen molar-refractivity contribution in [2.24, 2.45) is 0 Å². The van der Waals surface area contributed by atoms with E-state index in [-0.39, 0.29) is 0 Å². The van der Waals surface area contributed by atoms with Crippen LogP contribution in [-0.2, 0) is 0 Å². The second-order valence-electron chi connectivity index (χ2n) is 3.61. The summed E-state index contributed by atoms with van der Waals surface area (Å²) in [7, 11) is 0. The van der Waals surface area contributed by atoms with Crippen LogP contribution in [0.25, 0.3) is 22.2 Å².